The second-order valence-corrected chi connectivity index (χ2v) is 1.85. The summed E-state index contributed by atoms with van der Waals surface area (Å²) >= 11 is 0. The molecule has 2 N–H and O–H groups in total. The Labute approximate surface area is 57.3 Å². The van der Waals surface area contributed by atoms with Crippen molar-refractivity contribution in [3.05, 3.63) is 24.3 Å². The van der Waals surface area contributed by atoms with Gasteiger partial charge in [0.05, 0.1) is 0 Å². The second kappa shape index (κ2) is 7.44. The zero-order valence-electron chi connectivity index (χ0n) is 6.01. The van der Waals surface area contributed by atoms with Crippen LogP contribution in [0.3, 0.4) is 0 Å². The van der Waals surface area contributed by atoms with Gasteiger partial charge in [-0.05, 0) is 26.3 Å². The normalized spacial score (nSPS) is 11.8. The van der Waals surface area contributed by atoms with Crippen LogP contribution in [0.2, 0.25) is 0 Å². The summed E-state index contributed by atoms with van der Waals surface area (Å²) in [5, 5.41) is 0. The van der Waals surface area contributed by atoms with Crippen LogP contribution >= 0.6 is 0 Å². The van der Waals surface area contributed by atoms with Gasteiger partial charge in [0, 0.05) is 0 Å². The molecule has 0 saturated heterocycles. The van der Waals surface area contributed by atoms with Crippen LogP contribution in [0.4, 0.5) is 0 Å². The molecule has 0 amide bonds. The quantitative estimate of drug-likeness (QED) is 0.570. The molecule has 0 aromatic carbocycles. The summed E-state index contributed by atoms with van der Waals surface area (Å²) in [6, 6.07) is 0. The van der Waals surface area contributed by atoms with Gasteiger partial charge in [-0.3, -0.25) is 0 Å². The van der Waals surface area contributed by atoms with Crippen molar-refractivity contribution in [2.75, 3.05) is 6.54 Å². The molecule has 0 unspecified atom stereocenters. The lowest BCUT2D eigenvalue weighted by atomic mass is 10.3. The Hall–Kier alpha value is -0.560. The van der Waals surface area contributed by atoms with E-state index in [0.717, 1.165) is 19.4 Å². The van der Waals surface area contributed by atoms with E-state index in [1.165, 1.54) is 0 Å². The first kappa shape index (κ1) is 8.44. The fourth-order valence-electron chi connectivity index (χ4n) is 0.525. The lowest BCUT2D eigenvalue weighted by Gasteiger charge is -1.82. The standard InChI is InChI=1S/C8H15N/c1-2-3-4-5-6-7-8-9/h2-3,5-6H,4,7-9H2,1H3/b3-2+,6-5+. The summed E-state index contributed by atoms with van der Waals surface area (Å²) in [5.41, 5.74) is 5.27. The van der Waals surface area contributed by atoms with Crippen LogP contribution in [0, 0.1) is 0 Å². The summed E-state index contributed by atoms with van der Waals surface area (Å²) in [6.07, 6.45) is 10.4. The Morgan fingerprint density at radius 1 is 1.22 bits per heavy atom. The van der Waals surface area contributed by atoms with E-state index in [-0.39, 0.29) is 0 Å². The molecule has 0 aliphatic rings. The highest BCUT2D eigenvalue weighted by Gasteiger charge is 1.70. The molecule has 1 heteroatoms. The first-order valence-electron chi connectivity index (χ1n) is 3.38. The van der Waals surface area contributed by atoms with Gasteiger partial charge in [-0.15, -0.1) is 0 Å². The minimum Gasteiger partial charge on any atom is -0.330 e. The lowest BCUT2D eigenvalue weighted by Crippen LogP contribution is -1.94. The van der Waals surface area contributed by atoms with E-state index in [4.69, 9.17) is 5.73 Å². The van der Waals surface area contributed by atoms with E-state index in [1.807, 2.05) is 13.0 Å². The Kier molecular flexibility index (Phi) is 6.98. The van der Waals surface area contributed by atoms with E-state index in [0.29, 0.717) is 0 Å². The van der Waals surface area contributed by atoms with Crippen LogP contribution in [0.15, 0.2) is 24.3 Å². The molecule has 52 valence electrons. The highest BCUT2D eigenvalue weighted by Crippen LogP contribution is 1.86. The van der Waals surface area contributed by atoms with Gasteiger partial charge in [0.25, 0.3) is 0 Å². The zero-order valence-corrected chi connectivity index (χ0v) is 6.01. The van der Waals surface area contributed by atoms with E-state index in [2.05, 4.69) is 18.2 Å². The third-order valence-electron chi connectivity index (χ3n) is 1.01. The minimum absolute atomic E-state index is 0.756. The lowest BCUT2D eigenvalue weighted by molar-refractivity contribution is 1.00. The van der Waals surface area contributed by atoms with E-state index < -0.39 is 0 Å². The van der Waals surface area contributed by atoms with Gasteiger partial charge in [-0.2, -0.15) is 0 Å². The highest BCUT2D eigenvalue weighted by molar-refractivity contribution is 4.91. The SMILES string of the molecule is C/C=C/C/C=C/CCN. The summed E-state index contributed by atoms with van der Waals surface area (Å²) in [6.45, 7) is 2.78. The van der Waals surface area contributed by atoms with Crippen molar-refractivity contribution >= 4 is 0 Å². The van der Waals surface area contributed by atoms with Crippen LogP contribution in [0.5, 0.6) is 0 Å². The van der Waals surface area contributed by atoms with E-state index in [1.54, 1.807) is 0 Å². The monoisotopic (exact) mass is 125 g/mol. The topological polar surface area (TPSA) is 26.0 Å². The molecule has 1 nitrogen and oxygen atoms in total. The molecule has 0 bridgehead atoms. The maximum absolute atomic E-state index is 5.27. The molecule has 0 spiro atoms. The van der Waals surface area contributed by atoms with Crippen molar-refractivity contribution < 1.29 is 0 Å². The fraction of sp³-hybridized carbons (Fsp3) is 0.500. The predicted octanol–water partition coefficient (Wildman–Crippen LogP) is 1.86. The fourth-order valence-corrected chi connectivity index (χ4v) is 0.525. The van der Waals surface area contributed by atoms with Crippen LogP contribution in [0.1, 0.15) is 19.8 Å². The predicted molar refractivity (Wildman–Crippen MR) is 42.2 cm³/mol. The maximum Gasteiger partial charge on any atom is -0.00426 e. The van der Waals surface area contributed by atoms with E-state index >= 15 is 0 Å². The summed E-state index contributed by atoms with van der Waals surface area (Å²) < 4.78 is 0. The molecule has 0 rings (SSSR count). The molecule has 0 aromatic heterocycles. The summed E-state index contributed by atoms with van der Waals surface area (Å²) in [7, 11) is 0. The van der Waals surface area contributed by atoms with Crippen LogP contribution in [-0.2, 0) is 0 Å². The van der Waals surface area contributed by atoms with Gasteiger partial charge in [0.15, 0.2) is 0 Å². The third-order valence-corrected chi connectivity index (χ3v) is 1.01. The largest absolute Gasteiger partial charge is 0.330 e. The molecule has 0 heterocycles. The van der Waals surface area contributed by atoms with Gasteiger partial charge in [0.2, 0.25) is 0 Å². The number of allylic oxidation sites excluding steroid dienone is 3. The number of nitrogens with two attached hydrogens (primary N) is 1. The Bertz CT molecular complexity index is 92.7. The van der Waals surface area contributed by atoms with Crippen molar-refractivity contribution in [2.24, 2.45) is 5.73 Å². The van der Waals surface area contributed by atoms with Crippen LogP contribution < -0.4 is 5.73 Å². The number of rotatable bonds is 4. The maximum atomic E-state index is 5.27. The highest BCUT2D eigenvalue weighted by atomic mass is 14.5. The molecule has 0 aliphatic carbocycles. The molecular formula is C8H15N. The van der Waals surface area contributed by atoms with Gasteiger partial charge < -0.3 is 5.73 Å². The first-order chi connectivity index (χ1) is 4.41. The molecule has 0 radical (unpaired) electrons. The van der Waals surface area contributed by atoms with Crippen LogP contribution in [0.25, 0.3) is 0 Å². The summed E-state index contributed by atoms with van der Waals surface area (Å²) in [4.78, 5) is 0. The average Bonchev–Trinajstić information content (AvgIpc) is 1.89. The number of hydrogen-bond donors (Lipinski definition) is 1. The molecule has 0 atom stereocenters. The second-order valence-electron chi connectivity index (χ2n) is 1.85. The van der Waals surface area contributed by atoms with Crippen LogP contribution in [-0.4, -0.2) is 6.54 Å². The van der Waals surface area contributed by atoms with Gasteiger partial charge >= 0.3 is 0 Å². The Balaban J connectivity index is 3.04. The van der Waals surface area contributed by atoms with E-state index in [9.17, 15) is 0 Å². The first-order valence-corrected chi connectivity index (χ1v) is 3.38. The van der Waals surface area contributed by atoms with Crippen molar-refractivity contribution in [1.82, 2.24) is 0 Å². The van der Waals surface area contributed by atoms with Crippen molar-refractivity contribution in [3.63, 3.8) is 0 Å². The minimum atomic E-state index is 0.756. The number of hydrogen-bond acceptors (Lipinski definition) is 1. The smallest absolute Gasteiger partial charge is 0.00426 e. The molecule has 9 heavy (non-hydrogen) atoms. The Morgan fingerprint density at radius 2 is 2.00 bits per heavy atom. The molecule has 0 saturated carbocycles. The molecule has 0 aromatic rings. The Morgan fingerprint density at radius 3 is 2.56 bits per heavy atom. The molecule has 0 fully saturated rings. The van der Waals surface area contributed by atoms with Gasteiger partial charge in [-0.1, -0.05) is 24.3 Å². The zero-order chi connectivity index (χ0) is 6.95. The van der Waals surface area contributed by atoms with Gasteiger partial charge in [0.1, 0.15) is 0 Å². The van der Waals surface area contributed by atoms with Crippen molar-refractivity contribution in [1.29, 1.82) is 0 Å². The van der Waals surface area contributed by atoms with Gasteiger partial charge in [-0.25, -0.2) is 0 Å². The van der Waals surface area contributed by atoms with Crippen molar-refractivity contribution in [3.8, 4) is 0 Å². The molecule has 0 aliphatic heterocycles. The molecular weight excluding hydrogens is 110 g/mol. The van der Waals surface area contributed by atoms with Crippen molar-refractivity contribution in [2.45, 2.75) is 19.8 Å². The third kappa shape index (κ3) is 7.44. The average molecular weight is 125 g/mol. The summed E-state index contributed by atoms with van der Waals surface area (Å²) in [5.74, 6) is 0.